The molecular weight excluding hydrogens is 418 g/mol. The second kappa shape index (κ2) is 12.6. The van der Waals surface area contributed by atoms with Crippen molar-refractivity contribution < 1.29 is 23.2 Å². The highest BCUT2D eigenvalue weighted by molar-refractivity contribution is 7.88. The first-order chi connectivity index (χ1) is 14.5. The van der Waals surface area contributed by atoms with Crippen molar-refractivity contribution in [2.24, 2.45) is 23.7 Å². The van der Waals surface area contributed by atoms with Crippen molar-refractivity contribution in [3.8, 4) is 0 Å². The summed E-state index contributed by atoms with van der Waals surface area (Å²) < 4.78 is 25.2. The van der Waals surface area contributed by atoms with Crippen LogP contribution in [0.1, 0.15) is 46.1 Å². The fraction of sp³-hybridized carbons (Fsp3) is 0.545. The van der Waals surface area contributed by atoms with E-state index in [0.29, 0.717) is 6.42 Å². The summed E-state index contributed by atoms with van der Waals surface area (Å²) in [6.07, 6.45) is 5.19. The van der Waals surface area contributed by atoms with Crippen LogP contribution in [0.4, 0.5) is 0 Å². The third kappa shape index (κ3) is 9.63. The van der Waals surface area contributed by atoms with Gasteiger partial charge in [-0.3, -0.25) is 20.2 Å². The lowest BCUT2D eigenvalue weighted by Gasteiger charge is -2.29. The molecule has 2 atom stereocenters. The minimum atomic E-state index is -3.68. The molecule has 0 fully saturated rings. The third-order valence-corrected chi connectivity index (χ3v) is 5.70. The molecule has 0 radical (unpaired) electrons. The zero-order valence-electron chi connectivity index (χ0n) is 18.9. The Morgan fingerprint density at radius 2 is 1.65 bits per heavy atom. The quantitative estimate of drug-likeness (QED) is 0.332. The number of sulfonamides is 1. The summed E-state index contributed by atoms with van der Waals surface area (Å²) in [5, 5.41) is 9.25. The van der Waals surface area contributed by atoms with E-state index in [2.05, 4.69) is 5.43 Å². The van der Waals surface area contributed by atoms with Crippen molar-refractivity contribution >= 4 is 27.9 Å². The van der Waals surface area contributed by atoms with E-state index < -0.39 is 33.7 Å². The standard InChI is InChI=1S/C22H35N3O5S/c1-16(2)14-20(21(26)23-25(15-17(3)4)31(5,29)30)19(22(27)24-28)13-9-12-18-10-7-6-8-11-18/h6-12,16-17,19-20,28H,13-15H2,1-5H3,(H,23,26)(H,24,27)/t19-,20-/m0/s1. The minimum Gasteiger partial charge on any atom is -0.289 e. The van der Waals surface area contributed by atoms with E-state index in [1.807, 2.05) is 64.1 Å². The van der Waals surface area contributed by atoms with Gasteiger partial charge in [-0.25, -0.2) is 13.9 Å². The van der Waals surface area contributed by atoms with E-state index in [1.165, 1.54) is 0 Å². The summed E-state index contributed by atoms with van der Waals surface area (Å²) in [5.41, 5.74) is 5.08. The van der Waals surface area contributed by atoms with Gasteiger partial charge >= 0.3 is 0 Å². The van der Waals surface area contributed by atoms with Crippen LogP contribution >= 0.6 is 0 Å². The molecule has 1 rings (SSSR count). The average Bonchev–Trinajstić information content (AvgIpc) is 2.68. The van der Waals surface area contributed by atoms with E-state index in [9.17, 15) is 23.2 Å². The van der Waals surface area contributed by atoms with Crippen molar-refractivity contribution in [1.82, 2.24) is 15.3 Å². The molecule has 0 heterocycles. The molecule has 0 saturated carbocycles. The molecule has 0 spiro atoms. The first-order valence-electron chi connectivity index (χ1n) is 10.4. The van der Waals surface area contributed by atoms with Crippen LogP contribution < -0.4 is 10.9 Å². The number of benzene rings is 1. The number of rotatable bonds is 12. The Morgan fingerprint density at radius 3 is 2.13 bits per heavy atom. The highest BCUT2D eigenvalue weighted by atomic mass is 32.2. The number of carbonyl (C=O) groups excluding carboxylic acids is 2. The molecule has 2 amide bonds. The molecule has 3 N–H and O–H groups in total. The predicted octanol–water partition coefficient (Wildman–Crippen LogP) is 2.82. The van der Waals surface area contributed by atoms with Gasteiger partial charge in [-0.2, -0.15) is 0 Å². The van der Waals surface area contributed by atoms with Gasteiger partial charge in [0, 0.05) is 6.54 Å². The normalized spacial score (nSPS) is 14.2. The molecular formula is C22H35N3O5S. The molecule has 0 aliphatic carbocycles. The zero-order chi connectivity index (χ0) is 23.6. The van der Waals surface area contributed by atoms with Crippen LogP contribution in [0.5, 0.6) is 0 Å². The van der Waals surface area contributed by atoms with Crippen LogP contribution in [-0.4, -0.2) is 42.7 Å². The van der Waals surface area contributed by atoms with Crippen LogP contribution in [0, 0.1) is 23.7 Å². The summed E-state index contributed by atoms with van der Waals surface area (Å²) in [6.45, 7) is 7.62. The molecule has 0 saturated heterocycles. The summed E-state index contributed by atoms with van der Waals surface area (Å²) >= 11 is 0. The van der Waals surface area contributed by atoms with Crippen molar-refractivity contribution in [2.75, 3.05) is 12.8 Å². The predicted molar refractivity (Wildman–Crippen MR) is 121 cm³/mol. The topological polar surface area (TPSA) is 116 Å². The average molecular weight is 454 g/mol. The number of carbonyl (C=O) groups is 2. The van der Waals surface area contributed by atoms with E-state index in [1.54, 1.807) is 11.6 Å². The fourth-order valence-corrected chi connectivity index (χ4v) is 4.04. The third-order valence-electron chi connectivity index (χ3n) is 4.66. The first-order valence-corrected chi connectivity index (χ1v) is 12.2. The van der Waals surface area contributed by atoms with E-state index >= 15 is 0 Å². The van der Waals surface area contributed by atoms with Crippen LogP contribution in [0.2, 0.25) is 0 Å². The maximum atomic E-state index is 13.1. The molecule has 8 nitrogen and oxygen atoms in total. The van der Waals surface area contributed by atoms with Gasteiger partial charge in [0.15, 0.2) is 0 Å². The number of hydrazine groups is 1. The van der Waals surface area contributed by atoms with E-state index in [4.69, 9.17) is 0 Å². The van der Waals surface area contributed by atoms with E-state index in [0.717, 1.165) is 16.2 Å². The Balaban J connectivity index is 3.14. The molecule has 0 aliphatic heterocycles. The lowest BCUT2D eigenvalue weighted by molar-refractivity contribution is -0.141. The van der Waals surface area contributed by atoms with E-state index in [-0.39, 0.29) is 24.8 Å². The monoisotopic (exact) mass is 453 g/mol. The molecule has 31 heavy (non-hydrogen) atoms. The largest absolute Gasteiger partial charge is 0.289 e. The van der Waals surface area contributed by atoms with Gasteiger partial charge in [0.1, 0.15) is 0 Å². The second-order valence-corrected chi connectivity index (χ2v) is 10.4. The second-order valence-electron chi connectivity index (χ2n) is 8.53. The van der Waals surface area contributed by atoms with Crippen LogP contribution in [0.3, 0.4) is 0 Å². The van der Waals surface area contributed by atoms with Gasteiger partial charge in [0.2, 0.25) is 21.8 Å². The Labute approximate surface area is 185 Å². The van der Waals surface area contributed by atoms with Gasteiger partial charge in [0.05, 0.1) is 18.1 Å². The van der Waals surface area contributed by atoms with Crippen molar-refractivity contribution in [3.63, 3.8) is 0 Å². The Hall–Kier alpha value is -2.23. The number of amides is 2. The van der Waals surface area contributed by atoms with Gasteiger partial charge in [-0.05, 0) is 30.2 Å². The molecule has 0 aromatic heterocycles. The molecule has 1 aromatic rings. The van der Waals surface area contributed by atoms with Crippen LogP contribution in [-0.2, 0) is 19.6 Å². The first kappa shape index (κ1) is 26.8. The zero-order valence-corrected chi connectivity index (χ0v) is 19.7. The Bertz CT molecular complexity index is 838. The smallest absolute Gasteiger partial charge is 0.247 e. The van der Waals surface area contributed by atoms with Crippen LogP contribution in [0.15, 0.2) is 36.4 Å². The van der Waals surface area contributed by atoms with Gasteiger partial charge in [-0.1, -0.05) is 70.2 Å². The number of hydroxylamine groups is 1. The van der Waals surface area contributed by atoms with Crippen molar-refractivity contribution in [3.05, 3.63) is 42.0 Å². The number of hydrogen-bond acceptors (Lipinski definition) is 5. The Morgan fingerprint density at radius 1 is 1.03 bits per heavy atom. The van der Waals surface area contributed by atoms with Crippen molar-refractivity contribution in [2.45, 2.75) is 40.5 Å². The molecule has 9 heteroatoms. The highest BCUT2D eigenvalue weighted by Gasteiger charge is 2.35. The maximum absolute atomic E-state index is 13.1. The number of nitrogens with one attached hydrogen (secondary N) is 2. The van der Waals surface area contributed by atoms with Gasteiger partial charge < -0.3 is 0 Å². The van der Waals surface area contributed by atoms with Gasteiger partial charge in [-0.15, -0.1) is 4.41 Å². The molecule has 0 unspecified atom stereocenters. The summed E-state index contributed by atoms with van der Waals surface area (Å²) in [7, 11) is -3.68. The molecule has 0 aliphatic rings. The number of nitrogens with zero attached hydrogens (tertiary/aromatic N) is 1. The number of allylic oxidation sites excluding steroid dienone is 1. The SMILES string of the molecule is CC(C)C[C@H](C(=O)NN(CC(C)C)S(C)(=O)=O)[C@H](CC=Cc1ccccc1)C(=O)NO. The molecule has 1 aromatic carbocycles. The molecule has 0 bridgehead atoms. The van der Waals surface area contributed by atoms with Crippen LogP contribution in [0.25, 0.3) is 6.08 Å². The maximum Gasteiger partial charge on any atom is 0.247 e. The lowest BCUT2D eigenvalue weighted by atomic mass is 9.82. The number of hydrogen-bond donors (Lipinski definition) is 3. The Kier molecular flexibility index (Phi) is 10.9. The molecule has 174 valence electrons. The van der Waals surface area contributed by atoms with Crippen molar-refractivity contribution in [1.29, 1.82) is 0 Å². The highest BCUT2D eigenvalue weighted by Crippen LogP contribution is 2.26. The fourth-order valence-electron chi connectivity index (χ4n) is 3.22. The summed E-state index contributed by atoms with van der Waals surface area (Å²) in [4.78, 5) is 25.5. The van der Waals surface area contributed by atoms with Gasteiger partial charge in [0.25, 0.3) is 0 Å². The lowest BCUT2D eigenvalue weighted by Crippen LogP contribution is -2.51. The summed E-state index contributed by atoms with van der Waals surface area (Å²) in [5.74, 6) is -2.89. The summed E-state index contributed by atoms with van der Waals surface area (Å²) in [6, 6.07) is 9.49. The minimum absolute atomic E-state index is 0.0103.